The summed E-state index contributed by atoms with van der Waals surface area (Å²) in [6.45, 7) is 10.2. The lowest BCUT2D eigenvalue weighted by molar-refractivity contribution is -0.145. The summed E-state index contributed by atoms with van der Waals surface area (Å²) in [6.07, 6.45) is 16.6. The van der Waals surface area contributed by atoms with Crippen LogP contribution in [0.5, 0.6) is 0 Å². The van der Waals surface area contributed by atoms with Crippen molar-refractivity contribution in [1.82, 2.24) is 19.5 Å². The molecule has 0 radical (unpaired) electrons. The second-order valence-corrected chi connectivity index (χ2v) is 19.7. The highest BCUT2D eigenvalue weighted by molar-refractivity contribution is 7.04. The fourth-order valence-corrected chi connectivity index (χ4v) is 13.1. The van der Waals surface area contributed by atoms with Crippen LogP contribution in [0.15, 0.2) is 71.8 Å². The van der Waals surface area contributed by atoms with E-state index in [-0.39, 0.29) is 33.9 Å². The summed E-state index contributed by atoms with van der Waals surface area (Å²) in [7, 11) is -2.35. The number of nitrogens with two attached hydrogens (primary N) is 1. The smallest absolute Gasteiger partial charge is 0.305 e. The number of benzene rings is 2. The van der Waals surface area contributed by atoms with Crippen LogP contribution in [-0.4, -0.2) is 40.2 Å². The minimum Gasteiger partial charge on any atom is -0.465 e. The van der Waals surface area contributed by atoms with Crippen molar-refractivity contribution in [3.05, 3.63) is 77.3 Å². The highest BCUT2D eigenvalue weighted by atomic mass is 28.3. The van der Waals surface area contributed by atoms with Gasteiger partial charge in [-0.05, 0) is 23.9 Å². The molecule has 0 spiro atoms. The van der Waals surface area contributed by atoms with E-state index in [1.54, 1.807) is 6.33 Å². The first-order valence-electron chi connectivity index (χ1n) is 18.6. The van der Waals surface area contributed by atoms with Crippen LogP contribution in [0.2, 0.25) is 11.1 Å². The molecule has 49 heavy (non-hydrogen) atoms. The third-order valence-corrected chi connectivity index (χ3v) is 16.4. The van der Waals surface area contributed by atoms with E-state index in [9.17, 15) is 9.59 Å². The lowest BCUT2D eigenvalue weighted by atomic mass is 10.1. The zero-order valence-corrected chi connectivity index (χ0v) is 31.4. The van der Waals surface area contributed by atoms with Gasteiger partial charge >= 0.3 is 5.97 Å². The molecule has 0 amide bonds. The van der Waals surface area contributed by atoms with Gasteiger partial charge in [0.05, 0.1) is 12.9 Å². The number of anilines is 1. The van der Waals surface area contributed by atoms with Crippen molar-refractivity contribution in [2.24, 2.45) is 5.92 Å². The van der Waals surface area contributed by atoms with Crippen molar-refractivity contribution in [1.29, 1.82) is 0 Å². The van der Waals surface area contributed by atoms with Gasteiger partial charge in [0.25, 0.3) is 5.56 Å². The number of aromatic nitrogens is 4. The fourth-order valence-electron chi connectivity index (χ4n) is 7.39. The van der Waals surface area contributed by atoms with Crippen LogP contribution in [0, 0.1) is 5.92 Å². The van der Waals surface area contributed by atoms with Crippen LogP contribution in [0.1, 0.15) is 111 Å². The number of H-pyrrole nitrogens is 1. The molecule has 0 bridgehead atoms. The first-order chi connectivity index (χ1) is 23.7. The van der Waals surface area contributed by atoms with Gasteiger partial charge in [-0.2, -0.15) is 4.98 Å². The molecule has 0 saturated carbocycles. The molecule has 9 heteroatoms. The predicted molar refractivity (Wildman–Crippen MR) is 205 cm³/mol. The molecule has 3 N–H and O–H groups in total. The van der Waals surface area contributed by atoms with Gasteiger partial charge < -0.3 is 15.0 Å². The maximum atomic E-state index is 13.0. The summed E-state index contributed by atoms with van der Waals surface area (Å²) >= 11 is 0. The Morgan fingerprint density at radius 2 is 1.43 bits per heavy atom. The quantitative estimate of drug-likeness (QED) is 0.0522. The molecular weight excluding hydrogens is 627 g/mol. The molecule has 2 heterocycles. The van der Waals surface area contributed by atoms with E-state index in [0.29, 0.717) is 25.2 Å². The number of nitrogen functional groups attached to an aromatic ring is 1. The predicted octanol–water partition coefficient (Wildman–Crippen LogP) is 8.02. The molecular formula is C40H59N5O3Si. The Kier molecular flexibility index (Phi) is 14.7. The molecule has 0 aliphatic carbocycles. The third-order valence-electron chi connectivity index (χ3n) is 10.2. The fraction of sp³-hybridized carbons (Fsp3) is 0.550. The SMILES string of the molecule is CCCCCCCCCCCCCC(=O)OCC(CC[Si](c1ccccc1)(c1ccccc1)C(C)(C)C)Cn1cnc2c(=O)[nH]c(N)nc21. The monoisotopic (exact) mass is 685 g/mol. The van der Waals surface area contributed by atoms with E-state index in [2.05, 4.69) is 103 Å². The minimum atomic E-state index is -2.35. The Morgan fingerprint density at radius 3 is 1.98 bits per heavy atom. The normalized spacial score (nSPS) is 12.7. The van der Waals surface area contributed by atoms with E-state index in [1.807, 2.05) is 4.57 Å². The largest absolute Gasteiger partial charge is 0.465 e. The maximum Gasteiger partial charge on any atom is 0.305 e. The molecule has 2 aromatic heterocycles. The Labute approximate surface area is 294 Å². The van der Waals surface area contributed by atoms with Crippen LogP contribution in [0.4, 0.5) is 5.95 Å². The Hall–Kier alpha value is -3.72. The number of nitrogens with zero attached hydrogens (tertiary/aromatic N) is 3. The van der Waals surface area contributed by atoms with Crippen molar-refractivity contribution in [3.8, 4) is 0 Å². The van der Waals surface area contributed by atoms with Gasteiger partial charge in [0, 0.05) is 18.9 Å². The molecule has 0 fully saturated rings. The summed E-state index contributed by atoms with van der Waals surface area (Å²) in [6, 6.07) is 22.9. The van der Waals surface area contributed by atoms with Crippen molar-refractivity contribution >= 4 is 41.5 Å². The van der Waals surface area contributed by atoms with Crippen molar-refractivity contribution in [2.45, 2.75) is 129 Å². The second-order valence-electron chi connectivity index (χ2n) is 14.8. The van der Waals surface area contributed by atoms with Crippen LogP contribution in [0.3, 0.4) is 0 Å². The minimum absolute atomic E-state index is 0.0109. The standard InChI is InChI=1S/C40H59N5O3Si/c1-5-6-7-8-9-10-11-12-13-14-21-26-35(46)48-30-32(29-45-31-42-36-37(45)43-39(41)44-38(36)47)27-28-49(40(2,3)4,33-22-17-15-18-23-33)34-24-19-16-20-25-34/h15-20,22-25,31-32H,5-14,21,26-30H2,1-4H3,(H3,41,43,44,47). The van der Waals surface area contributed by atoms with E-state index in [1.165, 1.54) is 68.2 Å². The number of hydrogen-bond donors (Lipinski definition) is 2. The number of rotatable bonds is 21. The molecule has 0 aliphatic rings. The summed E-state index contributed by atoms with van der Waals surface area (Å²) in [5.74, 6) is -0.0928. The lowest BCUT2D eigenvalue weighted by Crippen LogP contribution is -2.64. The second kappa shape index (κ2) is 18.9. The van der Waals surface area contributed by atoms with Gasteiger partial charge in [0.2, 0.25) is 5.95 Å². The molecule has 1 unspecified atom stereocenters. The van der Waals surface area contributed by atoms with E-state index in [0.717, 1.165) is 25.3 Å². The molecule has 0 aliphatic heterocycles. The molecule has 0 saturated heterocycles. The summed E-state index contributed by atoms with van der Waals surface area (Å²) in [4.78, 5) is 36.8. The van der Waals surface area contributed by atoms with Gasteiger partial charge in [0.15, 0.2) is 11.2 Å². The molecule has 4 rings (SSSR count). The third kappa shape index (κ3) is 10.6. The zero-order valence-electron chi connectivity index (χ0n) is 30.4. The first-order valence-corrected chi connectivity index (χ1v) is 20.8. The molecule has 1 atom stereocenters. The van der Waals surface area contributed by atoms with Gasteiger partial charge in [-0.15, -0.1) is 0 Å². The van der Waals surface area contributed by atoms with E-state index in [4.69, 9.17) is 10.5 Å². The van der Waals surface area contributed by atoms with Gasteiger partial charge in [-0.1, -0.05) is 163 Å². The Balaban J connectivity index is 1.45. The average Bonchev–Trinajstić information content (AvgIpc) is 3.49. The number of unbranched alkanes of at least 4 members (excludes halogenated alkanes) is 10. The molecule has 8 nitrogen and oxygen atoms in total. The number of fused-ring (bicyclic) bond motifs is 1. The van der Waals surface area contributed by atoms with E-state index < -0.39 is 8.07 Å². The van der Waals surface area contributed by atoms with Crippen LogP contribution < -0.4 is 21.7 Å². The van der Waals surface area contributed by atoms with Crippen LogP contribution in [-0.2, 0) is 16.1 Å². The van der Waals surface area contributed by atoms with Gasteiger partial charge in [0.1, 0.15) is 8.07 Å². The van der Waals surface area contributed by atoms with Crippen molar-refractivity contribution in [3.63, 3.8) is 0 Å². The first kappa shape index (κ1) is 38.1. The Bertz CT molecular complexity index is 1570. The van der Waals surface area contributed by atoms with Crippen molar-refractivity contribution in [2.75, 3.05) is 12.3 Å². The number of hydrogen-bond acceptors (Lipinski definition) is 6. The van der Waals surface area contributed by atoms with Gasteiger partial charge in [-0.3, -0.25) is 14.6 Å². The van der Waals surface area contributed by atoms with Crippen molar-refractivity contribution < 1.29 is 9.53 Å². The maximum absolute atomic E-state index is 13.0. The molecule has 266 valence electrons. The highest BCUT2D eigenvalue weighted by Crippen LogP contribution is 2.40. The summed E-state index contributed by atoms with van der Waals surface area (Å²) in [5.41, 5.74) is 6.27. The van der Waals surface area contributed by atoms with Crippen LogP contribution in [0.25, 0.3) is 11.2 Å². The number of ether oxygens (including phenoxy) is 1. The summed E-state index contributed by atoms with van der Waals surface area (Å²) in [5, 5.41) is 2.81. The Morgan fingerprint density at radius 1 is 0.878 bits per heavy atom. The number of esters is 1. The summed E-state index contributed by atoms with van der Waals surface area (Å²) < 4.78 is 7.88. The molecule has 4 aromatic rings. The topological polar surface area (TPSA) is 116 Å². The number of carbonyl (C=O) groups excluding carboxylic acids is 1. The van der Waals surface area contributed by atoms with Gasteiger partial charge in [-0.25, -0.2) is 4.98 Å². The molecule has 2 aromatic carbocycles. The van der Waals surface area contributed by atoms with E-state index >= 15 is 0 Å². The lowest BCUT2D eigenvalue weighted by Gasteiger charge is -2.45. The number of imidazole rings is 1. The average molecular weight is 686 g/mol. The number of carbonyl (C=O) groups is 1. The zero-order chi connectivity index (χ0) is 35.1. The highest BCUT2D eigenvalue weighted by Gasteiger charge is 2.47. The number of nitrogens with one attached hydrogen (secondary N) is 1. The van der Waals surface area contributed by atoms with Crippen LogP contribution >= 0.6 is 0 Å². The number of aromatic amines is 1.